The van der Waals surface area contributed by atoms with Crippen LogP contribution in [-0.2, 0) is 9.53 Å². The molecule has 0 bridgehead atoms. The Hall–Kier alpha value is -2.67. The normalized spacial score (nSPS) is 17.7. The molecule has 7 nitrogen and oxygen atoms in total. The second kappa shape index (κ2) is 8.14. The van der Waals surface area contributed by atoms with Crippen LogP contribution < -0.4 is 10.6 Å². The van der Waals surface area contributed by atoms with Crippen LogP contribution in [0.25, 0.3) is 0 Å². The lowest BCUT2D eigenvalue weighted by Gasteiger charge is -2.14. The molecule has 2 heterocycles. The van der Waals surface area contributed by atoms with E-state index in [0.29, 0.717) is 23.7 Å². The van der Waals surface area contributed by atoms with Crippen molar-refractivity contribution in [2.45, 2.75) is 45.3 Å². The molecule has 2 aromatic rings. The summed E-state index contributed by atoms with van der Waals surface area (Å²) in [5.41, 5.74) is 1.04. The lowest BCUT2D eigenvalue weighted by molar-refractivity contribution is -0.124. The van der Waals surface area contributed by atoms with Crippen molar-refractivity contribution < 1.29 is 14.3 Å². The molecule has 7 heteroatoms. The number of nitrogens with zero attached hydrogens (tertiary/aromatic N) is 2. The molecule has 2 N–H and O–H groups in total. The first-order valence-electron chi connectivity index (χ1n) is 8.96. The van der Waals surface area contributed by atoms with Crippen molar-refractivity contribution in [1.29, 1.82) is 0 Å². The number of hydrogen-bond acceptors (Lipinski definition) is 4. The Morgan fingerprint density at radius 1 is 1.35 bits per heavy atom. The van der Waals surface area contributed by atoms with Crippen LogP contribution in [0.15, 0.2) is 36.5 Å². The molecule has 2 atom stereocenters. The zero-order valence-corrected chi connectivity index (χ0v) is 15.1. The molecule has 3 rings (SSSR count). The van der Waals surface area contributed by atoms with Gasteiger partial charge in [0.1, 0.15) is 11.9 Å². The van der Waals surface area contributed by atoms with Crippen LogP contribution in [0.5, 0.6) is 0 Å². The fourth-order valence-electron chi connectivity index (χ4n) is 2.87. The van der Waals surface area contributed by atoms with Gasteiger partial charge in [-0.2, -0.15) is 5.10 Å². The van der Waals surface area contributed by atoms with E-state index in [1.165, 1.54) is 0 Å². The zero-order valence-electron chi connectivity index (χ0n) is 15.1. The summed E-state index contributed by atoms with van der Waals surface area (Å²) < 4.78 is 7.17. The van der Waals surface area contributed by atoms with Gasteiger partial charge >= 0.3 is 0 Å². The van der Waals surface area contributed by atoms with Gasteiger partial charge in [0.05, 0.1) is 12.2 Å². The van der Waals surface area contributed by atoms with Crippen LogP contribution in [0.3, 0.4) is 0 Å². The third kappa shape index (κ3) is 4.11. The van der Waals surface area contributed by atoms with E-state index in [4.69, 9.17) is 4.74 Å². The fourth-order valence-corrected chi connectivity index (χ4v) is 2.87. The molecule has 1 fully saturated rings. The van der Waals surface area contributed by atoms with Crippen molar-refractivity contribution in [3.63, 3.8) is 0 Å². The number of ether oxygens (including phenoxy) is 1. The van der Waals surface area contributed by atoms with Crippen molar-refractivity contribution in [1.82, 2.24) is 9.78 Å². The topological polar surface area (TPSA) is 85.3 Å². The van der Waals surface area contributed by atoms with Gasteiger partial charge in [0.2, 0.25) is 0 Å². The maximum atomic E-state index is 12.6. The van der Waals surface area contributed by atoms with E-state index in [1.807, 2.05) is 6.92 Å². The lowest BCUT2D eigenvalue weighted by atomic mass is 10.1. The third-order valence-electron chi connectivity index (χ3n) is 4.53. The third-order valence-corrected chi connectivity index (χ3v) is 4.53. The molecule has 0 spiro atoms. The van der Waals surface area contributed by atoms with Gasteiger partial charge in [-0.05, 0) is 44.4 Å². The number of carbonyl (C=O) groups is 2. The Morgan fingerprint density at radius 2 is 2.19 bits per heavy atom. The van der Waals surface area contributed by atoms with Crippen LogP contribution >= 0.6 is 0 Å². The highest BCUT2D eigenvalue weighted by molar-refractivity contribution is 6.05. The molecule has 0 saturated carbocycles. The van der Waals surface area contributed by atoms with Gasteiger partial charge in [-0.25, -0.2) is 4.68 Å². The molecule has 1 aliphatic heterocycles. The van der Waals surface area contributed by atoms with Gasteiger partial charge in [0, 0.05) is 23.9 Å². The molecule has 138 valence electrons. The summed E-state index contributed by atoms with van der Waals surface area (Å²) in [5.74, 6) is 0.233. The SMILES string of the molecule is CCC(C)n1nccc1NC(=O)c1cccc(NC(=O)C2CCCO2)c1. The van der Waals surface area contributed by atoms with E-state index in [9.17, 15) is 9.59 Å². The average molecular weight is 356 g/mol. The van der Waals surface area contributed by atoms with Crippen molar-refractivity contribution in [2.24, 2.45) is 0 Å². The summed E-state index contributed by atoms with van der Waals surface area (Å²) in [4.78, 5) is 24.7. The summed E-state index contributed by atoms with van der Waals surface area (Å²) in [5, 5.41) is 9.96. The summed E-state index contributed by atoms with van der Waals surface area (Å²) >= 11 is 0. The van der Waals surface area contributed by atoms with Crippen LogP contribution in [0.4, 0.5) is 11.5 Å². The Kier molecular flexibility index (Phi) is 5.68. The first kappa shape index (κ1) is 18.1. The quantitative estimate of drug-likeness (QED) is 0.832. The number of amides is 2. The number of rotatable bonds is 6. The smallest absolute Gasteiger partial charge is 0.256 e. The molecule has 1 saturated heterocycles. The minimum Gasteiger partial charge on any atom is -0.368 e. The van der Waals surface area contributed by atoms with Gasteiger partial charge in [-0.1, -0.05) is 13.0 Å². The van der Waals surface area contributed by atoms with Crippen LogP contribution in [0.1, 0.15) is 49.5 Å². The minimum atomic E-state index is -0.405. The van der Waals surface area contributed by atoms with Crippen molar-refractivity contribution in [3.05, 3.63) is 42.1 Å². The van der Waals surface area contributed by atoms with Gasteiger partial charge in [-0.15, -0.1) is 0 Å². The Labute approximate surface area is 152 Å². The first-order valence-corrected chi connectivity index (χ1v) is 8.96. The number of anilines is 2. The molecule has 0 aliphatic carbocycles. The van der Waals surface area contributed by atoms with E-state index in [0.717, 1.165) is 19.3 Å². The Bertz CT molecular complexity index is 781. The van der Waals surface area contributed by atoms with Crippen molar-refractivity contribution in [3.8, 4) is 0 Å². The summed E-state index contributed by atoms with van der Waals surface area (Å²) in [6.07, 6.45) is 3.79. The Balaban J connectivity index is 1.68. The molecule has 1 aliphatic rings. The molecule has 2 amide bonds. The largest absolute Gasteiger partial charge is 0.368 e. The van der Waals surface area contributed by atoms with E-state index in [1.54, 1.807) is 41.2 Å². The van der Waals surface area contributed by atoms with Gasteiger partial charge in [0.15, 0.2) is 0 Å². The predicted octanol–water partition coefficient (Wildman–Crippen LogP) is 3.22. The second-order valence-electron chi connectivity index (χ2n) is 6.44. The van der Waals surface area contributed by atoms with E-state index in [2.05, 4.69) is 22.7 Å². The van der Waals surface area contributed by atoms with Crippen molar-refractivity contribution >= 4 is 23.3 Å². The number of carbonyl (C=O) groups excluding carboxylic acids is 2. The van der Waals surface area contributed by atoms with Crippen LogP contribution in [-0.4, -0.2) is 34.3 Å². The van der Waals surface area contributed by atoms with E-state index >= 15 is 0 Å². The molecular weight excluding hydrogens is 332 g/mol. The number of benzene rings is 1. The number of hydrogen-bond donors (Lipinski definition) is 2. The molecule has 26 heavy (non-hydrogen) atoms. The zero-order chi connectivity index (χ0) is 18.5. The van der Waals surface area contributed by atoms with Gasteiger partial charge < -0.3 is 15.4 Å². The molecule has 2 unspecified atom stereocenters. The molecular formula is C19H24N4O3. The highest BCUT2D eigenvalue weighted by Crippen LogP contribution is 2.19. The monoisotopic (exact) mass is 356 g/mol. The summed E-state index contributed by atoms with van der Waals surface area (Å²) in [6, 6.07) is 8.83. The fraction of sp³-hybridized carbons (Fsp3) is 0.421. The molecule has 1 aromatic carbocycles. The number of aromatic nitrogens is 2. The standard InChI is InChI=1S/C19H24N4O3/c1-3-13(2)23-17(9-10-20-23)22-18(24)14-6-4-7-15(12-14)21-19(25)16-8-5-11-26-16/h4,6-7,9-10,12-13,16H,3,5,8,11H2,1-2H3,(H,21,25)(H,22,24). The second-order valence-corrected chi connectivity index (χ2v) is 6.44. The maximum absolute atomic E-state index is 12.6. The lowest BCUT2D eigenvalue weighted by Crippen LogP contribution is -2.27. The Morgan fingerprint density at radius 3 is 2.92 bits per heavy atom. The number of nitrogens with one attached hydrogen (secondary N) is 2. The predicted molar refractivity (Wildman–Crippen MR) is 99.2 cm³/mol. The highest BCUT2D eigenvalue weighted by Gasteiger charge is 2.23. The highest BCUT2D eigenvalue weighted by atomic mass is 16.5. The van der Waals surface area contributed by atoms with Gasteiger partial charge in [0.25, 0.3) is 11.8 Å². The maximum Gasteiger partial charge on any atom is 0.256 e. The molecule has 0 radical (unpaired) electrons. The molecule has 1 aromatic heterocycles. The van der Waals surface area contributed by atoms with Gasteiger partial charge in [-0.3, -0.25) is 9.59 Å². The van der Waals surface area contributed by atoms with Crippen LogP contribution in [0.2, 0.25) is 0 Å². The van der Waals surface area contributed by atoms with Crippen molar-refractivity contribution in [2.75, 3.05) is 17.2 Å². The first-order chi connectivity index (χ1) is 12.6. The van der Waals surface area contributed by atoms with E-state index in [-0.39, 0.29) is 17.9 Å². The minimum absolute atomic E-state index is 0.171. The summed E-state index contributed by atoms with van der Waals surface area (Å²) in [6.45, 7) is 4.73. The van der Waals surface area contributed by atoms with E-state index < -0.39 is 6.10 Å². The average Bonchev–Trinajstić information content (AvgIpc) is 3.33. The van der Waals surface area contributed by atoms with Crippen LogP contribution in [0, 0.1) is 0 Å². The summed E-state index contributed by atoms with van der Waals surface area (Å²) in [7, 11) is 0.